The minimum Gasteiger partial charge on any atom is -0.449 e. The fourth-order valence-electron chi connectivity index (χ4n) is 2.20. The molecule has 0 saturated carbocycles. The quantitative estimate of drug-likeness (QED) is 0.676. The van der Waals surface area contributed by atoms with Gasteiger partial charge >= 0.3 is 12.0 Å². The van der Waals surface area contributed by atoms with Gasteiger partial charge < -0.3 is 26.0 Å². The molecular formula is C19H22N4O4. The minimum absolute atomic E-state index is 0.250. The molecule has 0 unspecified atom stereocenters. The number of anilines is 3. The fraction of sp³-hybridized carbons (Fsp3) is 0.211. The summed E-state index contributed by atoms with van der Waals surface area (Å²) in [5.74, 6) is -1.08. The summed E-state index contributed by atoms with van der Waals surface area (Å²) < 4.78 is 5.18. The number of nitrogens with two attached hydrogens (primary N) is 1. The van der Waals surface area contributed by atoms with E-state index >= 15 is 0 Å². The zero-order valence-corrected chi connectivity index (χ0v) is 15.4. The van der Waals surface area contributed by atoms with Crippen molar-refractivity contribution in [3.63, 3.8) is 0 Å². The van der Waals surface area contributed by atoms with Gasteiger partial charge in [0.1, 0.15) is 0 Å². The molecule has 2 rings (SSSR count). The Balaban J connectivity index is 1.92. The molecule has 0 spiro atoms. The number of carbonyl (C=O) groups excluding carboxylic acids is 3. The van der Waals surface area contributed by atoms with E-state index in [1.165, 1.54) is 31.2 Å². The van der Waals surface area contributed by atoms with Gasteiger partial charge in [-0.15, -0.1) is 0 Å². The lowest BCUT2D eigenvalue weighted by atomic mass is 10.2. The first-order valence-corrected chi connectivity index (χ1v) is 8.22. The number of esters is 1. The second-order valence-electron chi connectivity index (χ2n) is 6.04. The number of carbonyl (C=O) groups is 3. The molecule has 2 aromatic carbocycles. The first-order chi connectivity index (χ1) is 12.8. The van der Waals surface area contributed by atoms with Crippen molar-refractivity contribution in [3.05, 3.63) is 54.1 Å². The van der Waals surface area contributed by atoms with Gasteiger partial charge in [-0.1, -0.05) is 0 Å². The number of primary amides is 1. The summed E-state index contributed by atoms with van der Waals surface area (Å²) in [5.41, 5.74) is 7.33. The standard InChI is InChI=1S/C19H22N4O4/c1-12(17(24)21-14-8-10-16(11-9-14)23(2)3)27-18(25)13-4-6-15(7-5-13)22-19(20)26/h4-12H,1-3H3,(H,21,24)(H3,20,22,26)/t12-/m1/s1. The second-order valence-corrected chi connectivity index (χ2v) is 6.04. The van der Waals surface area contributed by atoms with Gasteiger partial charge in [0, 0.05) is 31.2 Å². The average Bonchev–Trinajstić information content (AvgIpc) is 2.62. The lowest BCUT2D eigenvalue weighted by molar-refractivity contribution is -0.123. The van der Waals surface area contributed by atoms with E-state index in [9.17, 15) is 14.4 Å². The van der Waals surface area contributed by atoms with E-state index in [2.05, 4.69) is 10.6 Å². The molecule has 2 aromatic rings. The van der Waals surface area contributed by atoms with Crippen LogP contribution >= 0.6 is 0 Å². The zero-order chi connectivity index (χ0) is 20.0. The summed E-state index contributed by atoms with van der Waals surface area (Å²) in [7, 11) is 3.84. The van der Waals surface area contributed by atoms with Crippen LogP contribution in [0.15, 0.2) is 48.5 Å². The van der Waals surface area contributed by atoms with Crippen LogP contribution in [0.3, 0.4) is 0 Å². The van der Waals surface area contributed by atoms with Crippen LogP contribution in [0.4, 0.5) is 21.9 Å². The van der Waals surface area contributed by atoms with Gasteiger partial charge in [0.15, 0.2) is 6.10 Å². The van der Waals surface area contributed by atoms with Crippen LogP contribution in [0.1, 0.15) is 17.3 Å². The predicted molar refractivity (Wildman–Crippen MR) is 104 cm³/mol. The smallest absolute Gasteiger partial charge is 0.338 e. The van der Waals surface area contributed by atoms with Gasteiger partial charge in [-0.05, 0) is 55.5 Å². The molecule has 0 radical (unpaired) electrons. The first-order valence-electron chi connectivity index (χ1n) is 8.22. The van der Waals surface area contributed by atoms with E-state index < -0.39 is 24.0 Å². The first kappa shape index (κ1) is 19.8. The van der Waals surface area contributed by atoms with Crippen molar-refractivity contribution in [2.45, 2.75) is 13.0 Å². The van der Waals surface area contributed by atoms with Gasteiger partial charge in [-0.3, -0.25) is 4.79 Å². The Morgan fingerprint density at radius 1 is 0.926 bits per heavy atom. The topological polar surface area (TPSA) is 114 Å². The highest BCUT2D eigenvalue weighted by Crippen LogP contribution is 2.16. The predicted octanol–water partition coefficient (Wildman–Crippen LogP) is 2.43. The average molecular weight is 370 g/mol. The Morgan fingerprint density at radius 2 is 1.44 bits per heavy atom. The summed E-state index contributed by atoms with van der Waals surface area (Å²) in [4.78, 5) is 37.1. The molecule has 8 nitrogen and oxygen atoms in total. The molecule has 0 saturated heterocycles. The SMILES string of the molecule is C[C@@H](OC(=O)c1ccc(NC(N)=O)cc1)C(=O)Nc1ccc(N(C)C)cc1. The van der Waals surface area contributed by atoms with Crippen LogP contribution < -0.4 is 21.3 Å². The van der Waals surface area contributed by atoms with Crippen LogP contribution in [-0.2, 0) is 9.53 Å². The Morgan fingerprint density at radius 3 is 1.96 bits per heavy atom. The Bertz CT molecular complexity index is 817. The Kier molecular flexibility index (Phi) is 6.37. The van der Waals surface area contributed by atoms with E-state index in [-0.39, 0.29) is 5.56 Å². The molecule has 0 aliphatic heterocycles. The molecule has 0 aliphatic rings. The largest absolute Gasteiger partial charge is 0.449 e. The second kappa shape index (κ2) is 8.70. The van der Waals surface area contributed by atoms with Crippen molar-refractivity contribution in [2.75, 3.05) is 29.6 Å². The van der Waals surface area contributed by atoms with Crippen molar-refractivity contribution in [1.82, 2.24) is 0 Å². The van der Waals surface area contributed by atoms with Crippen molar-refractivity contribution in [2.24, 2.45) is 5.73 Å². The van der Waals surface area contributed by atoms with E-state index in [4.69, 9.17) is 10.5 Å². The van der Waals surface area contributed by atoms with E-state index in [0.717, 1.165) is 5.69 Å². The maximum absolute atomic E-state index is 12.2. The molecule has 0 heterocycles. The third-order valence-corrected chi connectivity index (χ3v) is 3.69. The monoisotopic (exact) mass is 370 g/mol. The van der Waals surface area contributed by atoms with Crippen LogP contribution in [0.25, 0.3) is 0 Å². The van der Waals surface area contributed by atoms with Gasteiger partial charge in [0.05, 0.1) is 5.56 Å². The van der Waals surface area contributed by atoms with Gasteiger partial charge in [-0.25, -0.2) is 9.59 Å². The molecule has 0 aromatic heterocycles. The number of benzene rings is 2. The van der Waals surface area contributed by atoms with Crippen molar-refractivity contribution in [1.29, 1.82) is 0 Å². The third kappa shape index (κ3) is 5.74. The minimum atomic E-state index is -0.977. The molecule has 27 heavy (non-hydrogen) atoms. The van der Waals surface area contributed by atoms with Gasteiger partial charge in [-0.2, -0.15) is 0 Å². The molecule has 0 aliphatic carbocycles. The number of nitrogens with one attached hydrogen (secondary N) is 2. The van der Waals surface area contributed by atoms with Gasteiger partial charge in [0.25, 0.3) is 5.91 Å². The van der Waals surface area contributed by atoms with E-state index in [0.29, 0.717) is 11.4 Å². The van der Waals surface area contributed by atoms with Crippen molar-refractivity contribution >= 4 is 35.0 Å². The summed E-state index contributed by atoms with van der Waals surface area (Å²) in [5, 5.41) is 5.09. The number of hydrogen-bond acceptors (Lipinski definition) is 5. The number of amides is 3. The number of ether oxygens (including phenoxy) is 1. The third-order valence-electron chi connectivity index (χ3n) is 3.69. The van der Waals surface area contributed by atoms with E-state index in [1.807, 2.05) is 31.1 Å². The lowest BCUT2D eigenvalue weighted by Gasteiger charge is -2.15. The summed E-state index contributed by atoms with van der Waals surface area (Å²) in [6, 6.07) is 12.5. The van der Waals surface area contributed by atoms with Gasteiger partial charge in [0.2, 0.25) is 0 Å². The highest BCUT2D eigenvalue weighted by atomic mass is 16.5. The molecule has 1 atom stereocenters. The number of urea groups is 1. The normalized spacial score (nSPS) is 11.2. The summed E-state index contributed by atoms with van der Waals surface area (Å²) in [6.07, 6.45) is -0.977. The molecule has 142 valence electrons. The van der Waals surface area contributed by atoms with E-state index in [1.54, 1.807) is 12.1 Å². The lowest BCUT2D eigenvalue weighted by Crippen LogP contribution is -2.30. The van der Waals surface area contributed by atoms with Crippen molar-refractivity contribution in [3.8, 4) is 0 Å². The Hall–Kier alpha value is -3.55. The van der Waals surface area contributed by atoms with Crippen LogP contribution in [0.2, 0.25) is 0 Å². The molecule has 4 N–H and O–H groups in total. The fourth-order valence-corrected chi connectivity index (χ4v) is 2.20. The van der Waals surface area contributed by atoms with Crippen LogP contribution in [0, 0.1) is 0 Å². The summed E-state index contributed by atoms with van der Waals surface area (Å²) in [6.45, 7) is 1.49. The van der Waals surface area contributed by atoms with Crippen LogP contribution in [-0.4, -0.2) is 38.1 Å². The molecule has 8 heteroatoms. The highest BCUT2D eigenvalue weighted by molar-refractivity contribution is 5.97. The van der Waals surface area contributed by atoms with Crippen LogP contribution in [0.5, 0.6) is 0 Å². The summed E-state index contributed by atoms with van der Waals surface area (Å²) >= 11 is 0. The highest BCUT2D eigenvalue weighted by Gasteiger charge is 2.19. The maximum Gasteiger partial charge on any atom is 0.338 e. The molecule has 0 bridgehead atoms. The number of nitrogens with zero attached hydrogens (tertiary/aromatic N) is 1. The zero-order valence-electron chi connectivity index (χ0n) is 15.4. The molecule has 0 fully saturated rings. The molecular weight excluding hydrogens is 348 g/mol. The van der Waals surface area contributed by atoms with Crippen molar-refractivity contribution < 1.29 is 19.1 Å². The number of hydrogen-bond donors (Lipinski definition) is 3. The maximum atomic E-state index is 12.2. The number of rotatable bonds is 6. The molecule has 3 amide bonds. The Labute approximate surface area is 157 Å².